The summed E-state index contributed by atoms with van der Waals surface area (Å²) in [7, 11) is 0. The van der Waals surface area contributed by atoms with Crippen LogP contribution in [0.5, 0.6) is 0 Å². The van der Waals surface area contributed by atoms with Crippen LogP contribution in [0.25, 0.3) is 0 Å². The average Bonchev–Trinajstić information content (AvgIpc) is 2.60. The van der Waals surface area contributed by atoms with Crippen molar-refractivity contribution in [2.24, 2.45) is 11.3 Å². The fraction of sp³-hybridized carbons (Fsp3) is 0.917. The first kappa shape index (κ1) is 10.9. The van der Waals surface area contributed by atoms with Crippen LogP contribution in [0.1, 0.15) is 34.1 Å². The third kappa shape index (κ3) is 1.78. The van der Waals surface area contributed by atoms with E-state index in [9.17, 15) is 4.79 Å². The van der Waals surface area contributed by atoms with E-state index < -0.39 is 0 Å². The van der Waals surface area contributed by atoms with E-state index in [0.717, 1.165) is 13.1 Å². The van der Waals surface area contributed by atoms with Gasteiger partial charge < -0.3 is 10.2 Å². The standard InChI is InChI=1S/C12H22N2O/c1-8-5-9-6-13-7-10(9)14(8)11(15)12(2,3)4/h8-10,13H,5-7H2,1-4H3/t8-,9-,10-/m0/s1. The topological polar surface area (TPSA) is 32.3 Å². The summed E-state index contributed by atoms with van der Waals surface area (Å²) in [5.74, 6) is 0.998. The zero-order chi connectivity index (χ0) is 11.2. The number of hydrogen-bond acceptors (Lipinski definition) is 2. The van der Waals surface area contributed by atoms with E-state index in [4.69, 9.17) is 0 Å². The van der Waals surface area contributed by atoms with Crippen molar-refractivity contribution >= 4 is 5.91 Å². The average molecular weight is 210 g/mol. The van der Waals surface area contributed by atoms with Gasteiger partial charge in [-0.3, -0.25) is 4.79 Å². The molecule has 2 heterocycles. The normalized spacial score (nSPS) is 35.7. The van der Waals surface area contributed by atoms with Crippen LogP contribution in [0, 0.1) is 11.3 Å². The molecule has 0 aromatic carbocycles. The van der Waals surface area contributed by atoms with E-state index in [1.54, 1.807) is 0 Å². The molecule has 2 rings (SSSR count). The van der Waals surface area contributed by atoms with Crippen molar-refractivity contribution in [3.05, 3.63) is 0 Å². The summed E-state index contributed by atoms with van der Waals surface area (Å²) >= 11 is 0. The first-order chi connectivity index (χ1) is 6.91. The molecule has 0 unspecified atom stereocenters. The Kier molecular flexibility index (Phi) is 2.53. The first-order valence-corrected chi connectivity index (χ1v) is 5.94. The minimum Gasteiger partial charge on any atom is -0.335 e. The van der Waals surface area contributed by atoms with Crippen LogP contribution in [0.3, 0.4) is 0 Å². The maximum atomic E-state index is 12.3. The number of carbonyl (C=O) groups excluding carboxylic acids is 1. The summed E-state index contributed by atoms with van der Waals surface area (Å²) in [6.45, 7) is 10.3. The molecular weight excluding hydrogens is 188 g/mol. The second-order valence-corrected chi connectivity index (χ2v) is 6.03. The predicted molar refractivity (Wildman–Crippen MR) is 60.5 cm³/mol. The quantitative estimate of drug-likeness (QED) is 0.652. The number of carbonyl (C=O) groups is 1. The monoisotopic (exact) mass is 210 g/mol. The summed E-state index contributed by atoms with van der Waals surface area (Å²) in [6.07, 6.45) is 1.17. The molecule has 0 aliphatic carbocycles. The first-order valence-electron chi connectivity index (χ1n) is 5.94. The third-order valence-electron chi connectivity index (χ3n) is 3.66. The van der Waals surface area contributed by atoms with E-state index in [0.29, 0.717) is 23.9 Å². The Morgan fingerprint density at radius 3 is 2.60 bits per heavy atom. The molecule has 0 aromatic heterocycles. The van der Waals surface area contributed by atoms with Gasteiger partial charge in [0.05, 0.1) is 0 Å². The molecule has 1 N–H and O–H groups in total. The maximum absolute atomic E-state index is 12.3. The van der Waals surface area contributed by atoms with Crippen LogP contribution in [0.15, 0.2) is 0 Å². The predicted octanol–water partition coefficient (Wildman–Crippen LogP) is 1.24. The van der Waals surface area contributed by atoms with Gasteiger partial charge in [-0.15, -0.1) is 0 Å². The van der Waals surface area contributed by atoms with Gasteiger partial charge in [-0.25, -0.2) is 0 Å². The van der Waals surface area contributed by atoms with Crippen LogP contribution >= 0.6 is 0 Å². The molecule has 3 atom stereocenters. The van der Waals surface area contributed by atoms with E-state index in [-0.39, 0.29) is 5.41 Å². The van der Waals surface area contributed by atoms with Gasteiger partial charge >= 0.3 is 0 Å². The molecule has 0 radical (unpaired) electrons. The second-order valence-electron chi connectivity index (χ2n) is 6.03. The number of nitrogens with zero attached hydrogens (tertiary/aromatic N) is 1. The number of nitrogens with one attached hydrogen (secondary N) is 1. The Bertz CT molecular complexity index is 269. The molecule has 2 saturated heterocycles. The van der Waals surface area contributed by atoms with Gasteiger partial charge in [0.25, 0.3) is 0 Å². The highest BCUT2D eigenvalue weighted by Gasteiger charge is 2.46. The lowest BCUT2D eigenvalue weighted by Crippen LogP contribution is -2.47. The van der Waals surface area contributed by atoms with E-state index >= 15 is 0 Å². The molecule has 0 saturated carbocycles. The Morgan fingerprint density at radius 2 is 2.00 bits per heavy atom. The van der Waals surface area contributed by atoms with Crippen molar-refractivity contribution in [3.8, 4) is 0 Å². The van der Waals surface area contributed by atoms with Crippen molar-refractivity contribution in [3.63, 3.8) is 0 Å². The Balaban J connectivity index is 2.17. The maximum Gasteiger partial charge on any atom is 0.228 e. The minimum atomic E-state index is -0.244. The highest BCUT2D eigenvalue weighted by atomic mass is 16.2. The summed E-state index contributed by atoms with van der Waals surface area (Å²) in [5.41, 5.74) is -0.244. The van der Waals surface area contributed by atoms with E-state index in [1.807, 2.05) is 20.8 Å². The van der Waals surface area contributed by atoms with Crippen molar-refractivity contribution in [2.75, 3.05) is 13.1 Å². The SMILES string of the molecule is C[C@H]1C[C@H]2CNC[C@@H]2N1C(=O)C(C)(C)C. The molecule has 2 fully saturated rings. The van der Waals surface area contributed by atoms with Crippen LogP contribution < -0.4 is 5.32 Å². The van der Waals surface area contributed by atoms with Gasteiger partial charge in [-0.2, -0.15) is 0 Å². The highest BCUT2D eigenvalue weighted by molar-refractivity contribution is 5.82. The number of likely N-dealkylation sites (tertiary alicyclic amines) is 1. The van der Waals surface area contributed by atoms with Crippen LogP contribution in [0.2, 0.25) is 0 Å². The lowest BCUT2D eigenvalue weighted by molar-refractivity contribution is -0.142. The van der Waals surface area contributed by atoms with Crippen molar-refractivity contribution < 1.29 is 4.79 Å². The zero-order valence-corrected chi connectivity index (χ0v) is 10.2. The van der Waals surface area contributed by atoms with Crippen molar-refractivity contribution in [1.29, 1.82) is 0 Å². The number of hydrogen-bond donors (Lipinski definition) is 1. The zero-order valence-electron chi connectivity index (χ0n) is 10.2. The molecule has 2 aliphatic heterocycles. The van der Waals surface area contributed by atoms with Gasteiger partial charge in [0.1, 0.15) is 0 Å². The van der Waals surface area contributed by atoms with Gasteiger partial charge in [0, 0.05) is 30.6 Å². The molecule has 86 valence electrons. The molecule has 1 amide bonds. The molecule has 0 bridgehead atoms. The van der Waals surface area contributed by atoms with Crippen molar-refractivity contribution in [1.82, 2.24) is 10.2 Å². The Labute approximate surface area is 92.2 Å². The van der Waals surface area contributed by atoms with E-state index in [2.05, 4.69) is 17.1 Å². The van der Waals surface area contributed by atoms with Gasteiger partial charge in [-0.05, 0) is 19.3 Å². The van der Waals surface area contributed by atoms with Crippen molar-refractivity contribution in [2.45, 2.75) is 46.2 Å². The lowest BCUT2D eigenvalue weighted by atomic mass is 9.94. The number of rotatable bonds is 0. The Hall–Kier alpha value is -0.570. The van der Waals surface area contributed by atoms with Gasteiger partial charge in [-0.1, -0.05) is 20.8 Å². The molecule has 15 heavy (non-hydrogen) atoms. The van der Waals surface area contributed by atoms with Gasteiger partial charge in [0.15, 0.2) is 0 Å². The fourth-order valence-corrected chi connectivity index (χ4v) is 2.90. The largest absolute Gasteiger partial charge is 0.335 e. The Morgan fingerprint density at radius 1 is 1.33 bits per heavy atom. The lowest BCUT2D eigenvalue weighted by Gasteiger charge is -2.33. The fourth-order valence-electron chi connectivity index (χ4n) is 2.90. The summed E-state index contributed by atoms with van der Waals surface area (Å²) in [6, 6.07) is 0.876. The highest BCUT2D eigenvalue weighted by Crippen LogP contribution is 2.35. The molecule has 0 aromatic rings. The van der Waals surface area contributed by atoms with Crippen LogP contribution in [0.4, 0.5) is 0 Å². The number of fused-ring (bicyclic) bond motifs is 1. The van der Waals surface area contributed by atoms with Gasteiger partial charge in [0.2, 0.25) is 5.91 Å². The summed E-state index contributed by atoms with van der Waals surface area (Å²) in [4.78, 5) is 14.4. The molecule has 0 spiro atoms. The van der Waals surface area contributed by atoms with Crippen LogP contribution in [-0.2, 0) is 4.79 Å². The molecule has 3 nitrogen and oxygen atoms in total. The molecule has 2 aliphatic rings. The molecule has 3 heteroatoms. The third-order valence-corrected chi connectivity index (χ3v) is 3.66. The minimum absolute atomic E-state index is 0.244. The second kappa shape index (κ2) is 3.48. The van der Waals surface area contributed by atoms with Crippen LogP contribution in [-0.4, -0.2) is 36.0 Å². The number of amides is 1. The summed E-state index contributed by atoms with van der Waals surface area (Å²) in [5, 5.41) is 3.39. The summed E-state index contributed by atoms with van der Waals surface area (Å²) < 4.78 is 0. The smallest absolute Gasteiger partial charge is 0.228 e. The molecular formula is C12H22N2O. The van der Waals surface area contributed by atoms with E-state index in [1.165, 1.54) is 6.42 Å².